The third kappa shape index (κ3) is 8.66. The van der Waals surface area contributed by atoms with Crippen molar-refractivity contribution in [3.05, 3.63) is 118 Å². The minimum Gasteiger partial charge on any atom is -0.462 e. The van der Waals surface area contributed by atoms with Crippen molar-refractivity contribution in [2.45, 2.75) is 68.6 Å². The Bertz CT molecular complexity index is 1790. The number of nitrogens with two attached hydrogens (primary N) is 1. The van der Waals surface area contributed by atoms with E-state index in [1.165, 1.54) is 49.1 Å². The van der Waals surface area contributed by atoms with Gasteiger partial charge in [0, 0.05) is 48.5 Å². The van der Waals surface area contributed by atoms with Crippen molar-refractivity contribution in [3.63, 3.8) is 0 Å². The van der Waals surface area contributed by atoms with Crippen LogP contribution in [0.2, 0.25) is 0 Å². The van der Waals surface area contributed by atoms with Gasteiger partial charge in [-0.05, 0) is 55.9 Å². The number of ketones is 1. The van der Waals surface area contributed by atoms with E-state index in [-0.39, 0.29) is 35.3 Å². The Balaban J connectivity index is 0.000000191. The zero-order chi connectivity index (χ0) is 35.5. The number of carbonyl (C=O) groups is 2. The van der Waals surface area contributed by atoms with Crippen LogP contribution in [0.4, 0.5) is 26.3 Å². The summed E-state index contributed by atoms with van der Waals surface area (Å²) in [5.74, 6) is 0.273. The number of esters is 1. The van der Waals surface area contributed by atoms with Gasteiger partial charge < -0.3 is 10.5 Å². The number of alkyl halides is 6. The molecular weight excluding hydrogens is 652 g/mol. The first-order chi connectivity index (χ1) is 23.2. The highest BCUT2D eigenvalue weighted by atomic mass is 19.4. The number of Topliss-reactive ketones (excluding diaryl/α,β-unsaturated/α-hetero) is 1. The third-order valence-electron chi connectivity index (χ3n) is 8.73. The Morgan fingerprint density at radius 1 is 0.714 bits per heavy atom. The van der Waals surface area contributed by atoms with Crippen LogP contribution in [0.3, 0.4) is 0 Å². The molecule has 2 aromatic carbocycles. The second-order valence-electron chi connectivity index (χ2n) is 12.2. The van der Waals surface area contributed by atoms with Crippen LogP contribution in [-0.4, -0.2) is 44.8 Å². The number of benzene rings is 2. The molecule has 8 nitrogen and oxygen atoms in total. The van der Waals surface area contributed by atoms with Crippen molar-refractivity contribution in [3.8, 4) is 0 Å². The molecule has 6 rings (SSSR count). The second-order valence-corrected chi connectivity index (χ2v) is 12.2. The molecule has 0 atom stereocenters. The predicted octanol–water partition coefficient (Wildman–Crippen LogP) is 6.86. The van der Waals surface area contributed by atoms with Crippen LogP contribution in [0.1, 0.15) is 87.2 Å². The molecule has 0 bridgehead atoms. The summed E-state index contributed by atoms with van der Waals surface area (Å²) in [4.78, 5) is 39.7. The molecule has 2 fully saturated rings. The van der Waals surface area contributed by atoms with Gasteiger partial charge in [0.1, 0.15) is 11.6 Å². The predicted molar refractivity (Wildman–Crippen MR) is 166 cm³/mol. The first-order valence-electron chi connectivity index (χ1n) is 15.6. The average molecular weight is 686 g/mol. The Morgan fingerprint density at radius 3 is 1.47 bits per heavy atom. The lowest BCUT2D eigenvalue weighted by atomic mass is 9.90. The fraction of sp³-hybridized carbons (Fsp3) is 0.371. The van der Waals surface area contributed by atoms with Gasteiger partial charge >= 0.3 is 18.3 Å². The molecule has 2 saturated carbocycles. The van der Waals surface area contributed by atoms with E-state index in [9.17, 15) is 35.9 Å². The number of carbonyl (C=O) groups excluding carboxylic acids is 2. The van der Waals surface area contributed by atoms with Gasteiger partial charge in [0.25, 0.3) is 0 Å². The standard InChI is InChI=1S/C18H17F3N2O2.C17H16F3N3O/c1-2-25-16(24)12-10-22-15(23-11-12)9-17(6-7-17)13-4-3-5-14(8-13)18(19,20)21;18-17(19,20)13-3-1-2-12(6-13)16(4-5-16)7-15-22-9-11(10-23-15)14(24)8-21/h3-5,8,10-11H,2,6-7,9H2,1H3;1-3,6,9-10H,4-5,7-8,21H2. The van der Waals surface area contributed by atoms with E-state index in [4.69, 9.17) is 10.5 Å². The zero-order valence-electron chi connectivity index (χ0n) is 26.4. The molecule has 2 aliphatic carbocycles. The Hall–Kier alpha value is -4.72. The lowest BCUT2D eigenvalue weighted by Crippen LogP contribution is -2.17. The summed E-state index contributed by atoms with van der Waals surface area (Å²) >= 11 is 0. The lowest BCUT2D eigenvalue weighted by molar-refractivity contribution is -0.138. The van der Waals surface area contributed by atoms with Gasteiger partial charge in [-0.15, -0.1) is 0 Å². The second kappa shape index (κ2) is 14.0. The van der Waals surface area contributed by atoms with Crippen LogP contribution in [-0.2, 0) is 40.8 Å². The van der Waals surface area contributed by atoms with Crippen molar-refractivity contribution in [2.75, 3.05) is 13.2 Å². The smallest absolute Gasteiger partial charge is 0.416 e. The molecule has 2 N–H and O–H groups in total. The summed E-state index contributed by atoms with van der Waals surface area (Å²) in [6.45, 7) is 1.86. The Kier molecular flexibility index (Phi) is 10.2. The number of hydrogen-bond acceptors (Lipinski definition) is 8. The van der Waals surface area contributed by atoms with Crippen LogP contribution in [0.15, 0.2) is 73.3 Å². The van der Waals surface area contributed by atoms with Gasteiger partial charge in [-0.3, -0.25) is 4.79 Å². The maximum atomic E-state index is 12.9. The van der Waals surface area contributed by atoms with Crippen molar-refractivity contribution in [1.82, 2.24) is 19.9 Å². The average Bonchev–Trinajstić information content (AvgIpc) is 4.03. The van der Waals surface area contributed by atoms with Crippen LogP contribution < -0.4 is 5.73 Å². The van der Waals surface area contributed by atoms with Gasteiger partial charge in [-0.1, -0.05) is 36.4 Å². The number of halogens is 6. The van der Waals surface area contributed by atoms with E-state index in [0.29, 0.717) is 41.2 Å². The molecule has 2 heterocycles. The van der Waals surface area contributed by atoms with Gasteiger partial charge in [0.15, 0.2) is 5.78 Å². The third-order valence-corrected chi connectivity index (χ3v) is 8.73. The lowest BCUT2D eigenvalue weighted by Gasteiger charge is -2.17. The van der Waals surface area contributed by atoms with E-state index >= 15 is 0 Å². The number of hydrogen-bond donors (Lipinski definition) is 1. The summed E-state index contributed by atoms with van der Waals surface area (Å²) in [6.07, 6.45) is 0.959. The molecule has 0 amide bonds. The number of aromatic nitrogens is 4. The highest BCUT2D eigenvalue weighted by Gasteiger charge is 2.47. The van der Waals surface area contributed by atoms with Crippen LogP contribution >= 0.6 is 0 Å². The molecule has 2 aliphatic rings. The van der Waals surface area contributed by atoms with Crippen LogP contribution in [0.5, 0.6) is 0 Å². The quantitative estimate of drug-likeness (QED) is 0.109. The number of nitrogens with zero attached hydrogens (tertiary/aromatic N) is 4. The van der Waals surface area contributed by atoms with Crippen LogP contribution in [0.25, 0.3) is 0 Å². The maximum absolute atomic E-state index is 12.9. The van der Waals surface area contributed by atoms with Crippen molar-refractivity contribution in [1.29, 1.82) is 0 Å². The van der Waals surface area contributed by atoms with E-state index in [0.717, 1.165) is 37.8 Å². The van der Waals surface area contributed by atoms with Gasteiger partial charge in [0.2, 0.25) is 0 Å². The SMILES string of the molecule is CCOC(=O)c1cnc(CC2(c3cccc(C(F)(F)F)c3)CC2)nc1.NCC(=O)c1cnc(CC2(c3cccc(C(F)(F)F)c3)CC2)nc1. The monoisotopic (exact) mass is 685 g/mol. The van der Waals surface area contributed by atoms with Crippen LogP contribution in [0, 0.1) is 0 Å². The summed E-state index contributed by atoms with van der Waals surface area (Å²) in [5.41, 5.74) is 5.20. The topological polar surface area (TPSA) is 121 Å². The molecule has 0 saturated heterocycles. The molecule has 0 radical (unpaired) electrons. The van der Waals surface area contributed by atoms with Gasteiger partial charge in [-0.25, -0.2) is 24.7 Å². The van der Waals surface area contributed by atoms with E-state index in [1.807, 2.05) is 0 Å². The number of rotatable bonds is 10. The normalized spacial score (nSPS) is 15.8. The van der Waals surface area contributed by atoms with Crippen molar-refractivity contribution in [2.24, 2.45) is 5.73 Å². The summed E-state index contributed by atoms with van der Waals surface area (Å²) in [7, 11) is 0. The molecule has 0 unspecified atom stereocenters. The summed E-state index contributed by atoms with van der Waals surface area (Å²) in [5, 5.41) is 0. The van der Waals surface area contributed by atoms with Crippen molar-refractivity contribution >= 4 is 11.8 Å². The summed E-state index contributed by atoms with van der Waals surface area (Å²) in [6, 6.07) is 10.9. The Morgan fingerprint density at radius 2 is 1.12 bits per heavy atom. The largest absolute Gasteiger partial charge is 0.462 e. The zero-order valence-corrected chi connectivity index (χ0v) is 26.4. The molecule has 4 aromatic rings. The van der Waals surface area contributed by atoms with Crippen molar-refractivity contribution < 1.29 is 40.7 Å². The number of ether oxygens (including phenoxy) is 1. The molecule has 2 aromatic heterocycles. The van der Waals surface area contributed by atoms with E-state index in [1.54, 1.807) is 19.1 Å². The molecule has 14 heteroatoms. The first-order valence-corrected chi connectivity index (χ1v) is 15.6. The molecule has 0 spiro atoms. The fourth-order valence-corrected chi connectivity index (χ4v) is 5.57. The highest BCUT2D eigenvalue weighted by Crippen LogP contribution is 2.52. The minimum absolute atomic E-state index is 0.114. The molecule has 0 aliphatic heterocycles. The summed E-state index contributed by atoms with van der Waals surface area (Å²) < 4.78 is 82.3. The molecular formula is C35H33F6N5O3. The Labute approximate surface area is 278 Å². The van der Waals surface area contributed by atoms with Gasteiger partial charge in [0.05, 0.1) is 35.4 Å². The fourth-order valence-electron chi connectivity index (χ4n) is 5.57. The van der Waals surface area contributed by atoms with Gasteiger partial charge in [-0.2, -0.15) is 26.3 Å². The molecule has 49 heavy (non-hydrogen) atoms. The highest BCUT2D eigenvalue weighted by molar-refractivity contribution is 5.96. The molecule has 258 valence electrons. The van der Waals surface area contributed by atoms with E-state index in [2.05, 4.69) is 19.9 Å². The minimum atomic E-state index is -4.36. The maximum Gasteiger partial charge on any atom is 0.416 e. The van der Waals surface area contributed by atoms with E-state index < -0.39 is 29.4 Å². The first kappa shape index (κ1) is 35.6.